The molecule has 1 rings (SSSR count). The third-order valence-electron chi connectivity index (χ3n) is 2.68. The van der Waals surface area contributed by atoms with Crippen LogP contribution in [0.4, 0.5) is 0 Å². The molecule has 0 fully saturated rings. The number of aromatic nitrogens is 3. The molecule has 0 atom stereocenters. The summed E-state index contributed by atoms with van der Waals surface area (Å²) in [5.41, 5.74) is 0. The van der Waals surface area contributed by atoms with Crippen molar-refractivity contribution in [3.05, 3.63) is 12.2 Å². The predicted octanol–water partition coefficient (Wildman–Crippen LogP) is 0.622. The molecule has 18 heavy (non-hydrogen) atoms. The van der Waals surface area contributed by atoms with Crippen LogP contribution in [0.2, 0.25) is 0 Å². The predicted molar refractivity (Wildman–Crippen MR) is 76.8 cm³/mol. The summed E-state index contributed by atoms with van der Waals surface area (Å²) in [6.07, 6.45) is 3.65. The van der Waals surface area contributed by atoms with E-state index in [1.165, 1.54) is 0 Å². The normalized spacial score (nSPS) is 12.6. The van der Waals surface area contributed by atoms with Crippen molar-refractivity contribution in [2.24, 2.45) is 12.0 Å². The maximum absolute atomic E-state index is 4.18. The Kier molecular flexibility index (Phi) is 5.46. The SMILES string of the molecule is CN=C(NCc1ncnn1C)NCC(C)(C)SC. The largest absolute Gasteiger partial charge is 0.355 e. The number of guanidine groups is 1. The monoisotopic (exact) mass is 270 g/mol. The van der Waals surface area contributed by atoms with Gasteiger partial charge in [-0.25, -0.2) is 4.98 Å². The minimum Gasteiger partial charge on any atom is -0.355 e. The van der Waals surface area contributed by atoms with Gasteiger partial charge >= 0.3 is 0 Å². The van der Waals surface area contributed by atoms with E-state index in [1.54, 1.807) is 18.1 Å². The van der Waals surface area contributed by atoms with Crippen LogP contribution in [-0.4, -0.2) is 45.3 Å². The highest BCUT2D eigenvalue weighted by Gasteiger charge is 2.16. The van der Waals surface area contributed by atoms with Crippen molar-refractivity contribution < 1.29 is 0 Å². The van der Waals surface area contributed by atoms with Crippen molar-refractivity contribution in [3.8, 4) is 0 Å². The Morgan fingerprint density at radius 2 is 2.22 bits per heavy atom. The smallest absolute Gasteiger partial charge is 0.191 e. The van der Waals surface area contributed by atoms with E-state index in [0.29, 0.717) is 6.54 Å². The Labute approximate surface area is 113 Å². The van der Waals surface area contributed by atoms with Crippen LogP contribution in [0.15, 0.2) is 11.3 Å². The van der Waals surface area contributed by atoms with E-state index >= 15 is 0 Å². The van der Waals surface area contributed by atoms with Crippen molar-refractivity contribution >= 4 is 17.7 Å². The molecule has 0 saturated carbocycles. The molecule has 0 unspecified atom stereocenters. The summed E-state index contributed by atoms with van der Waals surface area (Å²) >= 11 is 1.83. The Hall–Kier alpha value is -1.24. The van der Waals surface area contributed by atoms with Gasteiger partial charge in [-0.15, -0.1) is 0 Å². The van der Waals surface area contributed by atoms with Crippen molar-refractivity contribution in [2.75, 3.05) is 19.8 Å². The van der Waals surface area contributed by atoms with Crippen molar-refractivity contribution in [1.82, 2.24) is 25.4 Å². The molecule has 0 amide bonds. The van der Waals surface area contributed by atoms with Gasteiger partial charge in [-0.1, -0.05) is 0 Å². The average Bonchev–Trinajstić information content (AvgIpc) is 2.75. The molecule has 0 aliphatic heterocycles. The quantitative estimate of drug-likeness (QED) is 0.606. The van der Waals surface area contributed by atoms with Gasteiger partial charge in [-0.3, -0.25) is 9.67 Å². The number of aliphatic imine (C=N–C) groups is 1. The molecule has 0 aliphatic carbocycles. The van der Waals surface area contributed by atoms with Crippen LogP contribution in [0.25, 0.3) is 0 Å². The summed E-state index contributed by atoms with van der Waals surface area (Å²) < 4.78 is 1.93. The van der Waals surface area contributed by atoms with Gasteiger partial charge in [0, 0.05) is 25.4 Å². The molecule has 102 valence electrons. The molecule has 0 aliphatic rings. The second-order valence-electron chi connectivity index (χ2n) is 4.54. The van der Waals surface area contributed by atoms with Crippen LogP contribution in [0.3, 0.4) is 0 Å². The first kappa shape index (κ1) is 14.8. The van der Waals surface area contributed by atoms with Crippen LogP contribution < -0.4 is 10.6 Å². The van der Waals surface area contributed by atoms with Gasteiger partial charge in [-0.2, -0.15) is 16.9 Å². The summed E-state index contributed by atoms with van der Waals surface area (Å²) in [5.74, 6) is 1.65. The van der Waals surface area contributed by atoms with Gasteiger partial charge in [0.25, 0.3) is 0 Å². The second-order valence-corrected chi connectivity index (χ2v) is 6.06. The van der Waals surface area contributed by atoms with E-state index in [9.17, 15) is 0 Å². The highest BCUT2D eigenvalue weighted by atomic mass is 32.2. The number of nitrogens with one attached hydrogen (secondary N) is 2. The standard InChI is InChI=1S/C11H22N6S/c1-11(2,18-5)7-14-10(12-3)13-6-9-15-8-16-17(9)4/h8H,6-7H2,1-5H3,(H2,12,13,14). The maximum atomic E-state index is 4.18. The first-order valence-corrected chi connectivity index (χ1v) is 7.03. The Morgan fingerprint density at radius 3 is 2.72 bits per heavy atom. The topological polar surface area (TPSA) is 67.1 Å². The highest BCUT2D eigenvalue weighted by Crippen LogP contribution is 2.19. The third-order valence-corrected chi connectivity index (χ3v) is 3.93. The highest BCUT2D eigenvalue weighted by molar-refractivity contribution is 7.99. The molecule has 0 bridgehead atoms. The summed E-state index contributed by atoms with van der Waals surface area (Å²) in [6, 6.07) is 0. The molecule has 0 aromatic carbocycles. The lowest BCUT2D eigenvalue weighted by Gasteiger charge is -2.23. The number of rotatable bonds is 5. The van der Waals surface area contributed by atoms with E-state index in [2.05, 4.69) is 45.8 Å². The zero-order chi connectivity index (χ0) is 13.6. The van der Waals surface area contributed by atoms with Gasteiger partial charge in [0.15, 0.2) is 5.96 Å². The van der Waals surface area contributed by atoms with Crippen LogP contribution >= 0.6 is 11.8 Å². The molecular weight excluding hydrogens is 248 g/mol. The van der Waals surface area contributed by atoms with Crippen LogP contribution in [0, 0.1) is 0 Å². The van der Waals surface area contributed by atoms with E-state index in [1.807, 2.05) is 18.8 Å². The number of aryl methyl sites for hydroxylation is 1. The lowest BCUT2D eigenvalue weighted by Crippen LogP contribution is -2.43. The molecule has 1 heterocycles. The molecule has 0 spiro atoms. The van der Waals surface area contributed by atoms with Crippen LogP contribution in [-0.2, 0) is 13.6 Å². The fourth-order valence-corrected chi connectivity index (χ4v) is 1.45. The second kappa shape index (κ2) is 6.63. The molecule has 1 aromatic rings. The van der Waals surface area contributed by atoms with Crippen LogP contribution in [0.5, 0.6) is 0 Å². The van der Waals surface area contributed by atoms with E-state index in [4.69, 9.17) is 0 Å². The van der Waals surface area contributed by atoms with E-state index in [-0.39, 0.29) is 4.75 Å². The molecule has 6 nitrogen and oxygen atoms in total. The Morgan fingerprint density at radius 1 is 1.50 bits per heavy atom. The number of hydrogen-bond donors (Lipinski definition) is 2. The molecule has 7 heteroatoms. The zero-order valence-corrected chi connectivity index (χ0v) is 12.5. The fraction of sp³-hybridized carbons (Fsp3) is 0.727. The molecular formula is C11H22N6S. The van der Waals surface area contributed by atoms with Crippen molar-refractivity contribution in [1.29, 1.82) is 0 Å². The maximum Gasteiger partial charge on any atom is 0.191 e. The zero-order valence-electron chi connectivity index (χ0n) is 11.7. The number of hydrogen-bond acceptors (Lipinski definition) is 4. The molecule has 2 N–H and O–H groups in total. The van der Waals surface area contributed by atoms with Gasteiger partial charge in [0.05, 0.1) is 6.54 Å². The lowest BCUT2D eigenvalue weighted by atomic mass is 10.2. The molecule has 0 radical (unpaired) electrons. The van der Waals surface area contributed by atoms with Crippen molar-refractivity contribution in [3.63, 3.8) is 0 Å². The van der Waals surface area contributed by atoms with Gasteiger partial charge < -0.3 is 10.6 Å². The van der Waals surface area contributed by atoms with E-state index in [0.717, 1.165) is 18.3 Å². The summed E-state index contributed by atoms with van der Waals surface area (Å²) in [7, 11) is 3.63. The van der Waals surface area contributed by atoms with Gasteiger partial charge in [0.1, 0.15) is 12.2 Å². The average molecular weight is 270 g/mol. The number of nitrogens with zero attached hydrogens (tertiary/aromatic N) is 4. The van der Waals surface area contributed by atoms with Crippen molar-refractivity contribution in [2.45, 2.75) is 25.1 Å². The van der Waals surface area contributed by atoms with Gasteiger partial charge in [0.2, 0.25) is 0 Å². The third kappa shape index (κ3) is 4.56. The molecule has 0 saturated heterocycles. The summed E-state index contributed by atoms with van der Waals surface area (Å²) in [6.45, 7) is 5.85. The summed E-state index contributed by atoms with van der Waals surface area (Å²) in [5, 5.41) is 10.5. The summed E-state index contributed by atoms with van der Waals surface area (Å²) in [4.78, 5) is 8.33. The van der Waals surface area contributed by atoms with Crippen LogP contribution in [0.1, 0.15) is 19.7 Å². The number of thioether (sulfide) groups is 1. The minimum atomic E-state index is 0.183. The van der Waals surface area contributed by atoms with E-state index < -0.39 is 0 Å². The lowest BCUT2D eigenvalue weighted by molar-refractivity contribution is 0.646. The Balaban J connectivity index is 2.42. The molecule has 1 aromatic heterocycles. The minimum absolute atomic E-state index is 0.183. The first-order chi connectivity index (χ1) is 8.48. The Bertz CT molecular complexity index is 398. The fourth-order valence-electron chi connectivity index (χ4n) is 1.23. The van der Waals surface area contributed by atoms with Gasteiger partial charge in [-0.05, 0) is 20.1 Å². The first-order valence-electron chi connectivity index (χ1n) is 5.81.